The first-order valence-electron chi connectivity index (χ1n) is 5.24. The molecular formula is C9H21N3O4S. The van der Waals surface area contributed by atoms with Crippen molar-refractivity contribution >= 4 is 16.3 Å². The summed E-state index contributed by atoms with van der Waals surface area (Å²) in [5.41, 5.74) is 4.76. The molecule has 1 atom stereocenters. The molecule has 0 rings (SSSR count). The van der Waals surface area contributed by atoms with Gasteiger partial charge >= 0.3 is 16.3 Å². The van der Waals surface area contributed by atoms with Gasteiger partial charge in [-0.25, -0.2) is 9.52 Å². The number of hydrogen-bond acceptors (Lipinski definition) is 5. The summed E-state index contributed by atoms with van der Waals surface area (Å²) >= 11 is 0. The number of methoxy groups -OCH3 is 1. The minimum atomic E-state index is -3.96. The van der Waals surface area contributed by atoms with Crippen molar-refractivity contribution in [3.63, 3.8) is 0 Å². The molecule has 0 fully saturated rings. The monoisotopic (exact) mass is 267 g/mol. The largest absolute Gasteiger partial charge is 0.452 e. The van der Waals surface area contributed by atoms with Crippen molar-refractivity contribution in [3.05, 3.63) is 0 Å². The van der Waals surface area contributed by atoms with Crippen LogP contribution in [0, 0.1) is 5.92 Å². The van der Waals surface area contributed by atoms with Crippen LogP contribution < -0.4 is 15.2 Å². The minimum absolute atomic E-state index is 0.132. The Morgan fingerprint density at radius 1 is 1.47 bits per heavy atom. The summed E-state index contributed by atoms with van der Waals surface area (Å²) in [4.78, 5) is 10.8. The first-order chi connectivity index (χ1) is 7.64. The van der Waals surface area contributed by atoms with E-state index in [0.29, 0.717) is 6.42 Å². The highest BCUT2D eigenvalue weighted by Crippen LogP contribution is 2.15. The quantitative estimate of drug-likeness (QED) is 0.624. The molecule has 0 heterocycles. The van der Waals surface area contributed by atoms with Crippen LogP contribution in [-0.4, -0.2) is 33.7 Å². The van der Waals surface area contributed by atoms with Crippen molar-refractivity contribution in [2.24, 2.45) is 11.7 Å². The van der Waals surface area contributed by atoms with E-state index in [-0.39, 0.29) is 12.5 Å². The Morgan fingerprint density at radius 3 is 2.35 bits per heavy atom. The van der Waals surface area contributed by atoms with Gasteiger partial charge in [0.15, 0.2) is 0 Å². The van der Waals surface area contributed by atoms with E-state index in [1.807, 2.05) is 13.8 Å². The summed E-state index contributed by atoms with van der Waals surface area (Å²) in [6.07, 6.45) is -0.479. The third-order valence-corrected chi connectivity index (χ3v) is 3.29. The molecule has 0 radical (unpaired) electrons. The fourth-order valence-corrected chi connectivity index (χ4v) is 2.74. The van der Waals surface area contributed by atoms with Crippen LogP contribution in [0.15, 0.2) is 0 Å². The Morgan fingerprint density at radius 2 is 2.00 bits per heavy atom. The van der Waals surface area contributed by atoms with Crippen molar-refractivity contribution in [2.75, 3.05) is 13.7 Å². The molecule has 0 spiro atoms. The second-order valence-electron chi connectivity index (χ2n) is 4.56. The maximum atomic E-state index is 11.6. The molecule has 0 aliphatic heterocycles. The zero-order valence-corrected chi connectivity index (χ0v) is 11.4. The fraction of sp³-hybridized carbons (Fsp3) is 0.889. The van der Waals surface area contributed by atoms with Crippen LogP contribution in [0.25, 0.3) is 0 Å². The molecule has 0 saturated carbocycles. The number of nitrogens with one attached hydrogen (secondary N) is 2. The lowest BCUT2D eigenvalue weighted by Crippen LogP contribution is -2.56. The first kappa shape index (κ1) is 16.1. The van der Waals surface area contributed by atoms with Gasteiger partial charge in [0.05, 0.1) is 7.11 Å². The lowest BCUT2D eigenvalue weighted by molar-refractivity contribution is 0.177. The normalized spacial score (nSPS) is 15.4. The summed E-state index contributed by atoms with van der Waals surface area (Å²) in [5.74, 6) is 0.268. The van der Waals surface area contributed by atoms with Gasteiger partial charge in [0.1, 0.15) is 0 Å². The summed E-state index contributed by atoms with van der Waals surface area (Å²) < 4.78 is 31.4. The van der Waals surface area contributed by atoms with Crippen LogP contribution in [0.2, 0.25) is 0 Å². The number of rotatable bonds is 6. The Kier molecular flexibility index (Phi) is 5.86. The zero-order chi connectivity index (χ0) is 13.7. The van der Waals surface area contributed by atoms with Crippen LogP contribution >= 0.6 is 0 Å². The van der Waals surface area contributed by atoms with E-state index >= 15 is 0 Å². The Bertz CT molecular complexity index is 355. The van der Waals surface area contributed by atoms with Gasteiger partial charge in [0.25, 0.3) is 0 Å². The third-order valence-electron chi connectivity index (χ3n) is 2.09. The summed E-state index contributed by atoms with van der Waals surface area (Å²) in [6, 6.07) is 0. The lowest BCUT2D eigenvalue weighted by atomic mass is 9.92. The molecule has 0 aliphatic carbocycles. The fourth-order valence-electron chi connectivity index (χ4n) is 1.57. The van der Waals surface area contributed by atoms with Crippen molar-refractivity contribution in [1.29, 1.82) is 0 Å². The zero-order valence-electron chi connectivity index (χ0n) is 10.6. The summed E-state index contributed by atoms with van der Waals surface area (Å²) in [7, 11) is -2.88. The van der Waals surface area contributed by atoms with Crippen molar-refractivity contribution in [2.45, 2.75) is 32.7 Å². The molecule has 1 unspecified atom stereocenters. The van der Waals surface area contributed by atoms with E-state index in [4.69, 9.17) is 5.73 Å². The van der Waals surface area contributed by atoms with Crippen LogP contribution in [0.1, 0.15) is 27.2 Å². The predicted octanol–water partition coefficient (Wildman–Crippen LogP) is -0.0597. The summed E-state index contributed by atoms with van der Waals surface area (Å²) in [5, 5.41) is 0. The maximum Gasteiger partial charge on any atom is 0.421 e. The highest BCUT2D eigenvalue weighted by Gasteiger charge is 2.30. The molecule has 0 aliphatic rings. The van der Waals surface area contributed by atoms with Gasteiger partial charge in [-0.05, 0) is 19.3 Å². The molecule has 8 heteroatoms. The van der Waals surface area contributed by atoms with Crippen molar-refractivity contribution in [3.8, 4) is 0 Å². The minimum Gasteiger partial charge on any atom is -0.452 e. The van der Waals surface area contributed by atoms with E-state index in [1.165, 1.54) is 0 Å². The first-order valence-corrected chi connectivity index (χ1v) is 6.72. The number of nitrogens with two attached hydrogens (primary N) is 1. The van der Waals surface area contributed by atoms with E-state index in [2.05, 4.69) is 9.46 Å². The SMILES string of the molecule is COC(=O)NS(=O)(=O)NC(C)(CN)CC(C)C. The van der Waals surface area contributed by atoms with E-state index in [9.17, 15) is 13.2 Å². The number of hydrogen-bond donors (Lipinski definition) is 3. The Labute approximate surface area is 102 Å². The molecule has 4 N–H and O–H groups in total. The predicted molar refractivity (Wildman–Crippen MR) is 64.5 cm³/mol. The molecule has 102 valence electrons. The molecule has 0 bridgehead atoms. The molecule has 0 saturated heterocycles. The Hall–Kier alpha value is -0.860. The van der Waals surface area contributed by atoms with Gasteiger partial charge in [-0.3, -0.25) is 0 Å². The molecule has 17 heavy (non-hydrogen) atoms. The number of carbonyl (C=O) groups excluding carboxylic acids is 1. The Balaban J connectivity index is 4.71. The van der Waals surface area contributed by atoms with Crippen LogP contribution in [0.3, 0.4) is 0 Å². The van der Waals surface area contributed by atoms with Crippen LogP contribution in [-0.2, 0) is 14.9 Å². The van der Waals surface area contributed by atoms with Crippen LogP contribution in [0.4, 0.5) is 4.79 Å². The smallest absolute Gasteiger partial charge is 0.421 e. The second-order valence-corrected chi connectivity index (χ2v) is 5.98. The van der Waals surface area contributed by atoms with Gasteiger partial charge in [0, 0.05) is 12.1 Å². The standard InChI is InChI=1S/C9H21N3O4S/c1-7(2)5-9(3,6-10)12-17(14,15)11-8(13)16-4/h7,12H,5-6,10H2,1-4H3,(H,11,13). The van der Waals surface area contributed by atoms with Gasteiger partial charge in [-0.2, -0.15) is 13.1 Å². The van der Waals surface area contributed by atoms with E-state index < -0.39 is 21.8 Å². The summed E-state index contributed by atoms with van der Waals surface area (Å²) in [6.45, 7) is 5.72. The molecular weight excluding hydrogens is 246 g/mol. The van der Waals surface area contributed by atoms with Crippen molar-refractivity contribution < 1.29 is 17.9 Å². The average Bonchev–Trinajstić information content (AvgIpc) is 2.14. The molecule has 1 amide bonds. The lowest BCUT2D eigenvalue weighted by Gasteiger charge is -2.30. The molecule has 0 aromatic rings. The number of amides is 1. The second kappa shape index (κ2) is 6.18. The molecule has 7 nitrogen and oxygen atoms in total. The van der Waals surface area contributed by atoms with Crippen molar-refractivity contribution in [1.82, 2.24) is 9.44 Å². The number of carbonyl (C=O) groups is 1. The van der Waals surface area contributed by atoms with Gasteiger partial charge in [0.2, 0.25) is 0 Å². The maximum absolute atomic E-state index is 11.6. The molecule has 0 aromatic heterocycles. The third kappa shape index (κ3) is 6.44. The van der Waals surface area contributed by atoms with Crippen LogP contribution in [0.5, 0.6) is 0 Å². The highest BCUT2D eigenvalue weighted by molar-refractivity contribution is 7.88. The topological polar surface area (TPSA) is 111 Å². The van der Waals surface area contributed by atoms with Gasteiger partial charge < -0.3 is 10.5 Å². The van der Waals surface area contributed by atoms with E-state index in [0.717, 1.165) is 7.11 Å². The van der Waals surface area contributed by atoms with Gasteiger partial charge in [-0.1, -0.05) is 13.8 Å². The van der Waals surface area contributed by atoms with E-state index in [1.54, 1.807) is 11.6 Å². The highest BCUT2D eigenvalue weighted by atomic mass is 32.2. The number of ether oxygens (including phenoxy) is 1. The van der Waals surface area contributed by atoms with Gasteiger partial charge in [-0.15, -0.1) is 0 Å². The average molecular weight is 267 g/mol. The molecule has 0 aromatic carbocycles.